The largest absolute Gasteiger partial charge is 0.393 e. The fourth-order valence-corrected chi connectivity index (χ4v) is 1.80. The van der Waals surface area contributed by atoms with E-state index in [-0.39, 0.29) is 6.61 Å². The standard InChI is InChI=1S/C3H8O2S3/c4-1-3(5)8-7-2-6/h3-6H,1-2H2. The minimum absolute atomic E-state index is 0.189. The Morgan fingerprint density at radius 1 is 1.62 bits per heavy atom. The van der Waals surface area contributed by atoms with Crippen LogP contribution in [0.2, 0.25) is 0 Å². The highest BCUT2D eigenvalue weighted by molar-refractivity contribution is 8.78. The van der Waals surface area contributed by atoms with Crippen LogP contribution in [0.4, 0.5) is 0 Å². The lowest BCUT2D eigenvalue weighted by molar-refractivity contribution is 0.161. The highest BCUT2D eigenvalue weighted by Crippen LogP contribution is 2.25. The molecule has 0 heterocycles. The third-order valence-electron chi connectivity index (χ3n) is 0.388. The van der Waals surface area contributed by atoms with Crippen LogP contribution in [0, 0.1) is 0 Å². The molecule has 0 saturated heterocycles. The topological polar surface area (TPSA) is 40.5 Å². The summed E-state index contributed by atoms with van der Waals surface area (Å²) in [5.74, 6) is 0. The maximum atomic E-state index is 8.65. The highest BCUT2D eigenvalue weighted by atomic mass is 33.1. The van der Waals surface area contributed by atoms with Crippen molar-refractivity contribution in [3.63, 3.8) is 0 Å². The molecule has 0 rings (SSSR count). The molecule has 5 heteroatoms. The Morgan fingerprint density at radius 2 is 2.25 bits per heavy atom. The van der Waals surface area contributed by atoms with Gasteiger partial charge in [0.05, 0.1) is 6.61 Å². The summed E-state index contributed by atoms with van der Waals surface area (Å²) in [6.07, 6.45) is 0. The van der Waals surface area contributed by atoms with Crippen LogP contribution in [0.15, 0.2) is 0 Å². The Labute approximate surface area is 61.9 Å². The van der Waals surface area contributed by atoms with Crippen molar-refractivity contribution in [3.8, 4) is 0 Å². The third-order valence-corrected chi connectivity index (χ3v) is 3.34. The molecule has 0 aliphatic carbocycles. The number of aliphatic hydroxyl groups excluding tert-OH is 2. The molecule has 2 N–H and O–H groups in total. The molecule has 0 aromatic rings. The zero-order valence-corrected chi connectivity index (χ0v) is 6.68. The van der Waals surface area contributed by atoms with Crippen molar-refractivity contribution in [2.45, 2.75) is 5.44 Å². The lowest BCUT2D eigenvalue weighted by Crippen LogP contribution is -2.03. The van der Waals surface area contributed by atoms with Crippen LogP contribution >= 0.6 is 34.2 Å². The normalized spacial score (nSPS) is 13.9. The Balaban J connectivity index is 2.86. The molecule has 0 aliphatic heterocycles. The van der Waals surface area contributed by atoms with Crippen LogP contribution < -0.4 is 0 Å². The second-order valence-electron chi connectivity index (χ2n) is 0.980. The van der Waals surface area contributed by atoms with Gasteiger partial charge in [0.15, 0.2) is 0 Å². The quantitative estimate of drug-likeness (QED) is 0.329. The maximum Gasteiger partial charge on any atom is 0.132 e. The van der Waals surface area contributed by atoms with Gasteiger partial charge in [0.1, 0.15) is 5.44 Å². The molecular weight excluding hydrogens is 164 g/mol. The molecule has 0 fully saturated rings. The first-order chi connectivity index (χ1) is 3.81. The zero-order chi connectivity index (χ0) is 6.41. The fourth-order valence-electron chi connectivity index (χ4n) is 0.139. The van der Waals surface area contributed by atoms with E-state index in [0.717, 1.165) is 0 Å². The van der Waals surface area contributed by atoms with Gasteiger partial charge in [0.25, 0.3) is 0 Å². The van der Waals surface area contributed by atoms with Crippen molar-refractivity contribution in [1.29, 1.82) is 0 Å². The molecule has 0 aromatic heterocycles. The van der Waals surface area contributed by atoms with E-state index in [4.69, 9.17) is 10.2 Å². The van der Waals surface area contributed by atoms with E-state index in [1.165, 1.54) is 21.6 Å². The van der Waals surface area contributed by atoms with Crippen LogP contribution in [-0.4, -0.2) is 27.3 Å². The van der Waals surface area contributed by atoms with Gasteiger partial charge in [-0.25, -0.2) is 0 Å². The van der Waals surface area contributed by atoms with E-state index in [9.17, 15) is 0 Å². The van der Waals surface area contributed by atoms with Gasteiger partial charge in [-0.2, -0.15) is 12.6 Å². The van der Waals surface area contributed by atoms with Gasteiger partial charge >= 0.3 is 0 Å². The second-order valence-corrected chi connectivity index (χ2v) is 4.27. The fraction of sp³-hybridized carbons (Fsp3) is 1.00. The summed E-state index contributed by atoms with van der Waals surface area (Å²) in [6, 6.07) is 0. The maximum absolute atomic E-state index is 8.65. The molecule has 8 heavy (non-hydrogen) atoms. The average Bonchev–Trinajstić information content (AvgIpc) is 1.83. The molecule has 0 aliphatic rings. The first-order valence-corrected chi connectivity index (χ1v) is 5.00. The van der Waals surface area contributed by atoms with Gasteiger partial charge in [0.2, 0.25) is 0 Å². The van der Waals surface area contributed by atoms with Crippen molar-refractivity contribution in [3.05, 3.63) is 0 Å². The Hall–Kier alpha value is 0.970. The average molecular weight is 172 g/mol. The third kappa shape index (κ3) is 5.11. The number of thiol groups is 1. The van der Waals surface area contributed by atoms with Crippen LogP contribution in [-0.2, 0) is 0 Å². The van der Waals surface area contributed by atoms with Crippen molar-refractivity contribution in [1.82, 2.24) is 0 Å². The van der Waals surface area contributed by atoms with Crippen LogP contribution in [0.3, 0.4) is 0 Å². The lowest BCUT2D eigenvalue weighted by Gasteiger charge is -2.01. The number of hydrogen-bond acceptors (Lipinski definition) is 5. The Bertz CT molecular complexity index is 51.8. The van der Waals surface area contributed by atoms with Crippen molar-refractivity contribution < 1.29 is 10.2 Å². The predicted molar refractivity (Wildman–Crippen MR) is 42.1 cm³/mol. The summed E-state index contributed by atoms with van der Waals surface area (Å²) in [6.45, 7) is -0.189. The van der Waals surface area contributed by atoms with E-state index in [1.807, 2.05) is 0 Å². The molecule has 1 atom stereocenters. The number of hydrogen-bond donors (Lipinski definition) is 3. The molecule has 2 nitrogen and oxygen atoms in total. The van der Waals surface area contributed by atoms with Crippen molar-refractivity contribution in [2.24, 2.45) is 0 Å². The van der Waals surface area contributed by atoms with E-state index in [0.29, 0.717) is 5.08 Å². The predicted octanol–water partition coefficient (Wildman–Crippen LogP) is 0.566. The van der Waals surface area contributed by atoms with Crippen molar-refractivity contribution in [2.75, 3.05) is 11.7 Å². The number of aliphatic hydroxyl groups is 2. The molecule has 0 aromatic carbocycles. The van der Waals surface area contributed by atoms with E-state index < -0.39 is 5.44 Å². The minimum atomic E-state index is -0.660. The lowest BCUT2D eigenvalue weighted by atomic mass is 10.8. The van der Waals surface area contributed by atoms with Gasteiger partial charge in [-0.05, 0) is 0 Å². The van der Waals surface area contributed by atoms with Crippen LogP contribution in [0.5, 0.6) is 0 Å². The first kappa shape index (κ1) is 8.97. The SMILES string of the molecule is OCC(O)SSCS. The summed E-state index contributed by atoms with van der Waals surface area (Å²) in [4.78, 5) is 0. The second kappa shape index (κ2) is 6.10. The zero-order valence-electron chi connectivity index (χ0n) is 4.15. The summed E-state index contributed by atoms with van der Waals surface area (Å²) in [5.41, 5.74) is -0.660. The molecule has 0 saturated carbocycles. The molecular formula is C3H8O2S3. The molecule has 0 spiro atoms. The summed E-state index contributed by atoms with van der Waals surface area (Å²) < 4.78 is 0. The molecule has 0 bridgehead atoms. The Morgan fingerprint density at radius 3 is 2.62 bits per heavy atom. The minimum Gasteiger partial charge on any atom is -0.393 e. The van der Waals surface area contributed by atoms with Crippen molar-refractivity contribution >= 4 is 34.2 Å². The number of rotatable bonds is 4. The molecule has 0 amide bonds. The molecule has 50 valence electrons. The van der Waals surface area contributed by atoms with E-state index >= 15 is 0 Å². The first-order valence-electron chi connectivity index (χ1n) is 1.99. The highest BCUT2D eigenvalue weighted by Gasteiger charge is 1.99. The van der Waals surface area contributed by atoms with Crippen LogP contribution in [0.25, 0.3) is 0 Å². The summed E-state index contributed by atoms with van der Waals surface area (Å²) >= 11 is 3.88. The van der Waals surface area contributed by atoms with Gasteiger partial charge in [-0.15, -0.1) is 0 Å². The smallest absolute Gasteiger partial charge is 0.132 e. The van der Waals surface area contributed by atoms with Crippen LogP contribution in [0.1, 0.15) is 0 Å². The van der Waals surface area contributed by atoms with Gasteiger partial charge in [-0.3, -0.25) is 0 Å². The van der Waals surface area contributed by atoms with Gasteiger partial charge in [0, 0.05) is 5.08 Å². The summed E-state index contributed by atoms with van der Waals surface area (Å²) in [5, 5.41) is 17.6. The van der Waals surface area contributed by atoms with E-state index in [2.05, 4.69) is 12.6 Å². The summed E-state index contributed by atoms with van der Waals surface area (Å²) in [7, 11) is 2.63. The van der Waals surface area contributed by atoms with E-state index in [1.54, 1.807) is 0 Å². The Kier molecular flexibility index (Phi) is 6.83. The van der Waals surface area contributed by atoms with Gasteiger partial charge < -0.3 is 10.2 Å². The van der Waals surface area contributed by atoms with Gasteiger partial charge in [-0.1, -0.05) is 21.6 Å². The monoisotopic (exact) mass is 172 g/mol. The molecule has 1 unspecified atom stereocenters. The molecule has 0 radical (unpaired) electrons.